The molecule has 0 amide bonds. The van der Waals surface area contributed by atoms with Crippen LogP contribution in [0.4, 0.5) is 13.2 Å². The van der Waals surface area contributed by atoms with Crippen LogP contribution in [0.2, 0.25) is 0 Å². The summed E-state index contributed by atoms with van der Waals surface area (Å²) in [6, 6.07) is 0. The van der Waals surface area contributed by atoms with Crippen molar-refractivity contribution in [1.82, 2.24) is 9.80 Å². The van der Waals surface area contributed by atoms with Crippen LogP contribution in [0.1, 0.15) is 39.5 Å². The van der Waals surface area contributed by atoms with Crippen LogP contribution in [0.3, 0.4) is 0 Å². The summed E-state index contributed by atoms with van der Waals surface area (Å²) in [6.07, 6.45) is 0.579. The molecule has 2 nitrogen and oxygen atoms in total. The van der Waals surface area contributed by atoms with Gasteiger partial charge >= 0.3 is 6.18 Å². The van der Waals surface area contributed by atoms with Crippen molar-refractivity contribution >= 4 is 15.9 Å². The molecule has 1 saturated heterocycles. The van der Waals surface area contributed by atoms with E-state index >= 15 is 0 Å². The lowest BCUT2D eigenvalue weighted by atomic mass is 9.80. The Morgan fingerprint density at radius 1 is 0.857 bits per heavy atom. The largest absolute Gasteiger partial charge is 0.401 e. The molecule has 1 aliphatic heterocycles. The molecule has 1 rings (SSSR count). The first-order valence-corrected chi connectivity index (χ1v) is 9.04. The van der Waals surface area contributed by atoms with Crippen LogP contribution >= 0.6 is 15.9 Å². The topological polar surface area (TPSA) is 6.48 Å². The fourth-order valence-corrected chi connectivity index (χ4v) is 4.09. The Balaban J connectivity index is 2.49. The molecule has 6 heteroatoms. The molecule has 126 valence electrons. The Hall–Kier alpha value is 0.190. The van der Waals surface area contributed by atoms with E-state index in [0.29, 0.717) is 13.1 Å². The zero-order valence-electron chi connectivity index (χ0n) is 13.2. The van der Waals surface area contributed by atoms with E-state index in [1.165, 1.54) is 17.7 Å². The van der Waals surface area contributed by atoms with E-state index in [9.17, 15) is 13.2 Å². The predicted molar refractivity (Wildman–Crippen MR) is 85.0 cm³/mol. The average Bonchev–Trinajstić information content (AvgIpc) is 2.40. The lowest BCUT2D eigenvalue weighted by Gasteiger charge is -2.41. The lowest BCUT2D eigenvalue weighted by molar-refractivity contribution is -0.149. The lowest BCUT2D eigenvalue weighted by Crippen LogP contribution is -2.52. The summed E-state index contributed by atoms with van der Waals surface area (Å²) in [5, 5.41) is 0.977. The summed E-state index contributed by atoms with van der Waals surface area (Å²) in [6.45, 7) is 7.18. The number of halogens is 4. The first-order chi connectivity index (χ1) is 9.84. The Morgan fingerprint density at radius 3 is 1.62 bits per heavy atom. The van der Waals surface area contributed by atoms with Gasteiger partial charge in [0, 0.05) is 38.1 Å². The van der Waals surface area contributed by atoms with Gasteiger partial charge in [-0.2, -0.15) is 13.2 Å². The van der Waals surface area contributed by atoms with Crippen molar-refractivity contribution in [2.24, 2.45) is 5.41 Å². The SMILES string of the molecule is CCCC(CBr)(CCC)CN1CCN(CC(F)(F)F)CC1. The molecule has 0 aromatic rings. The highest BCUT2D eigenvalue weighted by Gasteiger charge is 2.34. The van der Waals surface area contributed by atoms with Gasteiger partial charge in [0.25, 0.3) is 0 Å². The molecule has 1 heterocycles. The van der Waals surface area contributed by atoms with Gasteiger partial charge in [-0.15, -0.1) is 0 Å². The van der Waals surface area contributed by atoms with Crippen LogP contribution in [-0.2, 0) is 0 Å². The van der Waals surface area contributed by atoms with Crippen LogP contribution in [-0.4, -0.2) is 60.6 Å². The molecule has 0 aromatic carbocycles. The molecule has 0 aliphatic carbocycles. The zero-order valence-corrected chi connectivity index (χ0v) is 14.8. The van der Waals surface area contributed by atoms with Gasteiger partial charge < -0.3 is 4.90 Å². The number of rotatable bonds is 8. The molecule has 0 atom stereocenters. The van der Waals surface area contributed by atoms with Gasteiger partial charge in [0.1, 0.15) is 0 Å². The molecule has 0 N–H and O–H groups in total. The summed E-state index contributed by atoms with van der Waals surface area (Å²) >= 11 is 3.67. The van der Waals surface area contributed by atoms with Gasteiger partial charge in [0.05, 0.1) is 6.54 Å². The summed E-state index contributed by atoms with van der Waals surface area (Å²) in [7, 11) is 0. The maximum Gasteiger partial charge on any atom is 0.401 e. The summed E-state index contributed by atoms with van der Waals surface area (Å²) in [5.41, 5.74) is 0.274. The smallest absolute Gasteiger partial charge is 0.300 e. The second-order valence-electron chi connectivity index (χ2n) is 6.30. The van der Waals surface area contributed by atoms with E-state index in [2.05, 4.69) is 34.7 Å². The Labute approximate surface area is 135 Å². The van der Waals surface area contributed by atoms with Gasteiger partial charge in [-0.1, -0.05) is 42.6 Å². The first kappa shape index (κ1) is 19.2. The Morgan fingerprint density at radius 2 is 1.29 bits per heavy atom. The zero-order chi connectivity index (χ0) is 15.9. The molecule has 0 saturated carbocycles. The van der Waals surface area contributed by atoms with Crippen molar-refractivity contribution in [2.75, 3.05) is 44.6 Å². The third-order valence-corrected chi connectivity index (χ3v) is 5.46. The standard InChI is InChI=1S/C15H28BrF3N2/c1-3-5-14(11-16,6-4-2)12-20-7-9-21(10-8-20)13-15(17,18)19/h3-13H2,1-2H3. The number of hydrogen-bond acceptors (Lipinski definition) is 2. The minimum atomic E-state index is -4.08. The predicted octanol–water partition coefficient (Wildman–Crippen LogP) is 4.15. The average molecular weight is 373 g/mol. The maximum atomic E-state index is 12.4. The summed E-state index contributed by atoms with van der Waals surface area (Å²) in [5.74, 6) is 0. The quantitative estimate of drug-likeness (QED) is 0.590. The van der Waals surface area contributed by atoms with Crippen molar-refractivity contribution < 1.29 is 13.2 Å². The van der Waals surface area contributed by atoms with Gasteiger partial charge in [0.15, 0.2) is 0 Å². The van der Waals surface area contributed by atoms with Crippen molar-refractivity contribution in [1.29, 1.82) is 0 Å². The van der Waals surface area contributed by atoms with E-state index in [0.717, 1.165) is 37.8 Å². The molecule has 0 spiro atoms. The van der Waals surface area contributed by atoms with Crippen molar-refractivity contribution in [3.05, 3.63) is 0 Å². The second-order valence-corrected chi connectivity index (χ2v) is 6.86. The highest BCUT2D eigenvalue weighted by molar-refractivity contribution is 9.09. The van der Waals surface area contributed by atoms with Gasteiger partial charge in [-0.05, 0) is 18.3 Å². The van der Waals surface area contributed by atoms with Crippen LogP contribution < -0.4 is 0 Å². The highest BCUT2D eigenvalue weighted by Crippen LogP contribution is 2.33. The Kier molecular flexibility index (Phi) is 7.99. The van der Waals surface area contributed by atoms with Gasteiger partial charge in [0.2, 0.25) is 0 Å². The van der Waals surface area contributed by atoms with Crippen LogP contribution in [0.25, 0.3) is 0 Å². The molecule has 0 aromatic heterocycles. The third kappa shape index (κ3) is 6.87. The first-order valence-electron chi connectivity index (χ1n) is 7.91. The van der Waals surface area contributed by atoms with Gasteiger partial charge in [-0.3, -0.25) is 4.90 Å². The molecule has 1 aliphatic rings. The molecule has 0 radical (unpaired) electrons. The summed E-state index contributed by atoms with van der Waals surface area (Å²) in [4.78, 5) is 3.87. The van der Waals surface area contributed by atoms with E-state index in [4.69, 9.17) is 0 Å². The highest BCUT2D eigenvalue weighted by atomic mass is 79.9. The monoisotopic (exact) mass is 372 g/mol. The molecule has 0 bridgehead atoms. The fraction of sp³-hybridized carbons (Fsp3) is 1.00. The summed E-state index contributed by atoms with van der Waals surface area (Å²) < 4.78 is 37.2. The number of piperazine rings is 1. The molecular formula is C15H28BrF3N2. The number of hydrogen-bond donors (Lipinski definition) is 0. The Bertz CT molecular complexity index is 283. The fourth-order valence-electron chi connectivity index (χ4n) is 3.35. The molecule has 21 heavy (non-hydrogen) atoms. The second kappa shape index (κ2) is 8.73. The van der Waals surface area contributed by atoms with Crippen molar-refractivity contribution in [2.45, 2.75) is 45.7 Å². The van der Waals surface area contributed by atoms with E-state index in [-0.39, 0.29) is 5.41 Å². The number of nitrogens with zero attached hydrogens (tertiary/aromatic N) is 2. The van der Waals surface area contributed by atoms with Crippen LogP contribution in [0, 0.1) is 5.41 Å². The normalized spacial score (nSPS) is 19.1. The minimum absolute atomic E-state index is 0.274. The van der Waals surface area contributed by atoms with Crippen LogP contribution in [0.15, 0.2) is 0 Å². The maximum absolute atomic E-state index is 12.4. The number of alkyl halides is 4. The third-order valence-electron chi connectivity index (χ3n) is 4.27. The van der Waals surface area contributed by atoms with Crippen LogP contribution in [0.5, 0.6) is 0 Å². The van der Waals surface area contributed by atoms with E-state index in [1.807, 2.05) is 0 Å². The van der Waals surface area contributed by atoms with Crippen molar-refractivity contribution in [3.8, 4) is 0 Å². The van der Waals surface area contributed by atoms with Gasteiger partial charge in [-0.25, -0.2) is 0 Å². The molecule has 0 unspecified atom stereocenters. The van der Waals surface area contributed by atoms with E-state index in [1.54, 1.807) is 0 Å². The van der Waals surface area contributed by atoms with Crippen molar-refractivity contribution in [3.63, 3.8) is 0 Å². The molecule has 1 fully saturated rings. The van der Waals surface area contributed by atoms with E-state index < -0.39 is 12.7 Å². The minimum Gasteiger partial charge on any atom is -0.300 e. The molecular weight excluding hydrogens is 345 g/mol.